The first-order valence-corrected chi connectivity index (χ1v) is 3.57. The number of hydrogen-bond acceptors (Lipinski definition) is 3. The van der Waals surface area contributed by atoms with Gasteiger partial charge in [0, 0.05) is 5.69 Å². The Labute approximate surface area is 74.6 Å². The summed E-state index contributed by atoms with van der Waals surface area (Å²) in [4.78, 5) is 10.9. The Kier molecular flexibility index (Phi) is 2.29. The highest BCUT2D eigenvalue weighted by Gasteiger charge is 2.14. The van der Waals surface area contributed by atoms with E-state index in [9.17, 15) is 9.18 Å². The maximum Gasteiger partial charge on any atom is 0.164 e. The third-order valence-electron chi connectivity index (χ3n) is 1.65. The SMILES string of the molecule is CC(=O)c1c(N)ccc(C#N)c1F. The number of Topliss-reactive ketones (excluding diaryl/α,β-unsaturated/α-hetero) is 1. The van der Waals surface area contributed by atoms with Crippen molar-refractivity contribution in [1.29, 1.82) is 5.26 Å². The quantitative estimate of drug-likeness (QED) is 0.523. The Morgan fingerprint density at radius 1 is 1.62 bits per heavy atom. The fourth-order valence-corrected chi connectivity index (χ4v) is 1.04. The number of benzene rings is 1. The lowest BCUT2D eigenvalue weighted by molar-refractivity contribution is 0.101. The Bertz CT molecular complexity index is 407. The van der Waals surface area contributed by atoms with Crippen molar-refractivity contribution in [3.05, 3.63) is 29.1 Å². The maximum absolute atomic E-state index is 13.3. The number of nitrogens with two attached hydrogens (primary N) is 1. The number of carbonyl (C=O) groups excluding carboxylic acids is 1. The molecule has 0 radical (unpaired) electrons. The Morgan fingerprint density at radius 3 is 2.69 bits per heavy atom. The predicted octanol–water partition coefficient (Wildman–Crippen LogP) is 1.48. The smallest absolute Gasteiger partial charge is 0.164 e. The number of ketones is 1. The van der Waals surface area contributed by atoms with Crippen molar-refractivity contribution < 1.29 is 9.18 Å². The number of halogens is 1. The van der Waals surface area contributed by atoms with Crippen LogP contribution in [-0.4, -0.2) is 5.78 Å². The molecule has 1 aromatic rings. The van der Waals surface area contributed by atoms with Gasteiger partial charge in [-0.2, -0.15) is 5.26 Å². The second-order valence-electron chi connectivity index (χ2n) is 2.56. The van der Waals surface area contributed by atoms with E-state index in [4.69, 9.17) is 11.0 Å². The molecule has 0 unspecified atom stereocenters. The summed E-state index contributed by atoms with van der Waals surface area (Å²) in [7, 11) is 0. The molecule has 0 fully saturated rings. The maximum atomic E-state index is 13.3. The second-order valence-corrected chi connectivity index (χ2v) is 2.56. The number of hydrogen-bond donors (Lipinski definition) is 1. The van der Waals surface area contributed by atoms with Gasteiger partial charge in [-0.15, -0.1) is 0 Å². The lowest BCUT2D eigenvalue weighted by Crippen LogP contribution is -2.04. The molecule has 0 bridgehead atoms. The fraction of sp³-hybridized carbons (Fsp3) is 0.111. The van der Waals surface area contributed by atoms with E-state index in [1.165, 1.54) is 19.1 Å². The molecule has 0 heterocycles. The normalized spacial score (nSPS) is 9.31. The van der Waals surface area contributed by atoms with Crippen LogP contribution in [0.2, 0.25) is 0 Å². The largest absolute Gasteiger partial charge is 0.398 e. The minimum atomic E-state index is -0.838. The predicted molar refractivity (Wildman–Crippen MR) is 45.5 cm³/mol. The van der Waals surface area contributed by atoms with Gasteiger partial charge in [0.05, 0.1) is 11.1 Å². The van der Waals surface area contributed by atoms with Crippen molar-refractivity contribution >= 4 is 11.5 Å². The summed E-state index contributed by atoms with van der Waals surface area (Å²) in [5, 5.41) is 8.47. The van der Waals surface area contributed by atoms with E-state index in [0.29, 0.717) is 0 Å². The molecule has 0 aliphatic rings. The van der Waals surface area contributed by atoms with Crippen molar-refractivity contribution in [2.24, 2.45) is 0 Å². The van der Waals surface area contributed by atoms with Crippen LogP contribution in [-0.2, 0) is 0 Å². The van der Waals surface area contributed by atoms with Gasteiger partial charge >= 0.3 is 0 Å². The molecule has 0 amide bonds. The zero-order valence-electron chi connectivity index (χ0n) is 6.97. The molecule has 0 atom stereocenters. The number of nitrogen functional groups attached to an aromatic ring is 1. The van der Waals surface area contributed by atoms with Gasteiger partial charge in [-0.1, -0.05) is 0 Å². The molecule has 0 aliphatic carbocycles. The van der Waals surface area contributed by atoms with E-state index >= 15 is 0 Å². The first kappa shape index (κ1) is 9.20. The first-order valence-electron chi connectivity index (χ1n) is 3.57. The molecule has 1 rings (SSSR count). The average molecular weight is 178 g/mol. The van der Waals surface area contributed by atoms with E-state index in [1.807, 2.05) is 0 Å². The van der Waals surface area contributed by atoms with Crippen molar-refractivity contribution in [3.63, 3.8) is 0 Å². The van der Waals surface area contributed by atoms with Crippen molar-refractivity contribution in [3.8, 4) is 6.07 Å². The minimum Gasteiger partial charge on any atom is -0.398 e. The van der Waals surface area contributed by atoms with Crippen LogP contribution < -0.4 is 5.73 Å². The standard InChI is InChI=1S/C9H7FN2O/c1-5(13)8-7(12)3-2-6(4-11)9(8)10/h2-3H,12H2,1H3. The average Bonchev–Trinajstić information content (AvgIpc) is 2.04. The van der Waals surface area contributed by atoms with Crippen molar-refractivity contribution in [1.82, 2.24) is 0 Å². The highest BCUT2D eigenvalue weighted by atomic mass is 19.1. The third kappa shape index (κ3) is 1.49. The van der Waals surface area contributed by atoms with Gasteiger partial charge in [0.1, 0.15) is 6.07 Å². The van der Waals surface area contributed by atoms with Crippen molar-refractivity contribution in [2.75, 3.05) is 5.73 Å². The minimum absolute atomic E-state index is 0.0593. The third-order valence-corrected chi connectivity index (χ3v) is 1.65. The highest BCUT2D eigenvalue weighted by Crippen LogP contribution is 2.19. The van der Waals surface area contributed by atoms with E-state index < -0.39 is 11.6 Å². The van der Waals surface area contributed by atoms with Crippen LogP contribution >= 0.6 is 0 Å². The molecule has 4 heteroatoms. The lowest BCUT2D eigenvalue weighted by atomic mass is 10.1. The van der Waals surface area contributed by atoms with Crippen molar-refractivity contribution in [2.45, 2.75) is 6.92 Å². The summed E-state index contributed by atoms with van der Waals surface area (Å²) in [6, 6.07) is 4.23. The van der Waals surface area contributed by atoms with Gasteiger partial charge in [-0.25, -0.2) is 4.39 Å². The molecule has 0 saturated carbocycles. The molecular weight excluding hydrogens is 171 g/mol. The highest BCUT2D eigenvalue weighted by molar-refractivity contribution is 5.99. The molecule has 13 heavy (non-hydrogen) atoms. The fourth-order valence-electron chi connectivity index (χ4n) is 1.04. The van der Waals surface area contributed by atoms with Gasteiger partial charge in [-0.3, -0.25) is 4.79 Å². The van der Waals surface area contributed by atoms with E-state index in [2.05, 4.69) is 0 Å². The van der Waals surface area contributed by atoms with Gasteiger partial charge in [0.2, 0.25) is 0 Å². The summed E-state index contributed by atoms with van der Waals surface area (Å²) >= 11 is 0. The van der Waals surface area contributed by atoms with Crippen LogP contribution in [0, 0.1) is 17.1 Å². The monoisotopic (exact) mass is 178 g/mol. The van der Waals surface area contributed by atoms with Crippen LogP contribution in [0.25, 0.3) is 0 Å². The van der Waals surface area contributed by atoms with Crippen LogP contribution in [0.4, 0.5) is 10.1 Å². The van der Waals surface area contributed by atoms with Crippen LogP contribution in [0.1, 0.15) is 22.8 Å². The lowest BCUT2D eigenvalue weighted by Gasteiger charge is -2.03. The Balaban J connectivity index is 3.50. The molecule has 2 N–H and O–H groups in total. The second kappa shape index (κ2) is 3.23. The summed E-state index contributed by atoms with van der Waals surface area (Å²) < 4.78 is 13.3. The summed E-state index contributed by atoms with van der Waals surface area (Å²) in [6.45, 7) is 1.20. The van der Waals surface area contributed by atoms with Gasteiger partial charge < -0.3 is 5.73 Å². The molecule has 0 aliphatic heterocycles. The van der Waals surface area contributed by atoms with Crippen LogP contribution in [0.15, 0.2) is 12.1 Å². The zero-order valence-corrected chi connectivity index (χ0v) is 6.97. The number of anilines is 1. The van der Waals surface area contributed by atoms with Crippen LogP contribution in [0.3, 0.4) is 0 Å². The molecule has 1 aromatic carbocycles. The summed E-state index contributed by atoms with van der Waals surface area (Å²) in [5.74, 6) is -1.32. The van der Waals surface area contributed by atoms with E-state index in [1.54, 1.807) is 6.07 Å². The number of carbonyl (C=O) groups is 1. The zero-order chi connectivity index (χ0) is 10.0. The van der Waals surface area contributed by atoms with E-state index in [-0.39, 0.29) is 16.8 Å². The molecule has 66 valence electrons. The van der Waals surface area contributed by atoms with Gasteiger partial charge in [0.15, 0.2) is 11.6 Å². The van der Waals surface area contributed by atoms with Crippen LogP contribution in [0.5, 0.6) is 0 Å². The number of nitriles is 1. The van der Waals surface area contributed by atoms with Gasteiger partial charge in [0.25, 0.3) is 0 Å². The number of rotatable bonds is 1. The summed E-state index contributed by atoms with van der Waals surface area (Å²) in [6.07, 6.45) is 0. The summed E-state index contributed by atoms with van der Waals surface area (Å²) in [5.41, 5.74) is 5.06. The topological polar surface area (TPSA) is 66.9 Å². The Hall–Kier alpha value is -1.89. The van der Waals surface area contributed by atoms with E-state index in [0.717, 1.165) is 0 Å². The Morgan fingerprint density at radius 2 is 2.23 bits per heavy atom. The van der Waals surface area contributed by atoms with Gasteiger partial charge in [-0.05, 0) is 19.1 Å². The first-order chi connectivity index (χ1) is 6.07. The molecule has 3 nitrogen and oxygen atoms in total. The molecular formula is C9H7FN2O. The molecule has 0 saturated heterocycles. The molecule has 0 spiro atoms. The molecule has 0 aromatic heterocycles. The number of nitrogens with zero attached hydrogens (tertiary/aromatic N) is 1.